The lowest BCUT2D eigenvalue weighted by molar-refractivity contribution is -0.129. The molecule has 1 spiro atoms. The van der Waals surface area contributed by atoms with Crippen molar-refractivity contribution in [3.63, 3.8) is 0 Å². The van der Waals surface area contributed by atoms with Crippen LogP contribution < -0.4 is 4.90 Å². The van der Waals surface area contributed by atoms with Gasteiger partial charge in [0.05, 0.1) is 23.3 Å². The first kappa shape index (κ1) is 15.4. The highest BCUT2D eigenvalue weighted by atomic mass is 35.5. The number of halogens is 1. The van der Waals surface area contributed by atoms with E-state index in [1.807, 2.05) is 0 Å². The number of nitrogens with zero attached hydrogens (tertiary/aromatic N) is 2. The Labute approximate surface area is 133 Å². The minimum Gasteiger partial charge on any atom is -0.366 e. The van der Waals surface area contributed by atoms with Crippen LogP contribution in [-0.4, -0.2) is 41.7 Å². The molecule has 3 rings (SSSR count). The molecule has 1 saturated carbocycles. The van der Waals surface area contributed by atoms with Gasteiger partial charge >= 0.3 is 0 Å². The number of carbonyl (C=O) groups excluding carboxylic acids is 2. The summed E-state index contributed by atoms with van der Waals surface area (Å²) in [4.78, 5) is 30.4. The number of fused-ring (bicyclic) bond motifs is 2. The third-order valence-electron chi connectivity index (χ3n) is 4.51. The normalized spacial score (nSPS) is 21.3. The van der Waals surface area contributed by atoms with E-state index in [9.17, 15) is 14.7 Å². The third-order valence-corrected chi connectivity index (χ3v) is 4.72. The number of ether oxygens (including phenoxy) is 1. The predicted molar refractivity (Wildman–Crippen MR) is 79.8 cm³/mol. The summed E-state index contributed by atoms with van der Waals surface area (Å²) in [6, 6.07) is 3.35. The number of Topliss-reactive ketones (excluding diaryl/α,β-unsaturated/α-hetero) is 1. The first-order chi connectivity index (χ1) is 10.5. The molecular weight excluding hydrogens is 308 g/mol. The lowest BCUT2D eigenvalue weighted by Crippen LogP contribution is -2.45. The summed E-state index contributed by atoms with van der Waals surface area (Å²) in [6.45, 7) is 0.0291. The van der Waals surface area contributed by atoms with Gasteiger partial charge < -0.3 is 14.7 Å². The highest BCUT2D eigenvalue weighted by Gasteiger charge is 2.53. The molecule has 1 atom stereocenters. The van der Waals surface area contributed by atoms with E-state index in [2.05, 4.69) is 4.98 Å². The average molecular weight is 325 g/mol. The molecule has 1 aliphatic carbocycles. The summed E-state index contributed by atoms with van der Waals surface area (Å²) in [7, 11) is 1.38. The molecule has 0 saturated heterocycles. The highest BCUT2D eigenvalue weighted by Crippen LogP contribution is 2.48. The fourth-order valence-corrected chi connectivity index (χ4v) is 3.43. The minimum atomic E-state index is -1.08. The number of anilines is 1. The minimum absolute atomic E-state index is 0.0291. The standard InChI is InChI=1S/C15H17ClN2O4/c1-22-12(20)8-18-10-2-3-11(16)17-13(10)15(14(18)21)6-4-9(19)5-7-15/h2-3,12,20H,4-8H2,1H3. The maximum atomic E-state index is 13.0. The van der Waals surface area contributed by atoms with Gasteiger partial charge in [0.15, 0.2) is 6.29 Å². The number of aromatic nitrogens is 1. The van der Waals surface area contributed by atoms with Crippen LogP contribution >= 0.6 is 11.6 Å². The smallest absolute Gasteiger partial charge is 0.239 e. The van der Waals surface area contributed by atoms with Gasteiger partial charge in [-0.2, -0.15) is 0 Å². The molecule has 0 aromatic carbocycles. The Kier molecular flexibility index (Phi) is 3.92. The van der Waals surface area contributed by atoms with E-state index < -0.39 is 11.7 Å². The lowest BCUT2D eigenvalue weighted by Gasteiger charge is -2.31. The molecule has 1 amide bonds. The van der Waals surface area contributed by atoms with Crippen molar-refractivity contribution >= 4 is 29.0 Å². The Morgan fingerprint density at radius 3 is 2.73 bits per heavy atom. The van der Waals surface area contributed by atoms with Crippen molar-refractivity contribution in [2.24, 2.45) is 0 Å². The van der Waals surface area contributed by atoms with E-state index >= 15 is 0 Å². The Morgan fingerprint density at radius 1 is 1.41 bits per heavy atom. The topological polar surface area (TPSA) is 79.7 Å². The number of hydrogen-bond acceptors (Lipinski definition) is 5. The van der Waals surface area contributed by atoms with E-state index in [0.717, 1.165) is 0 Å². The number of carbonyl (C=O) groups is 2. The van der Waals surface area contributed by atoms with Crippen LogP contribution in [0.1, 0.15) is 31.4 Å². The predicted octanol–water partition coefficient (Wildman–Crippen LogP) is 1.43. The largest absolute Gasteiger partial charge is 0.366 e. The molecule has 1 unspecified atom stereocenters. The van der Waals surface area contributed by atoms with Crippen LogP contribution in [0.2, 0.25) is 5.15 Å². The molecule has 1 aromatic rings. The molecule has 1 aliphatic heterocycles. The van der Waals surface area contributed by atoms with E-state index in [-0.39, 0.29) is 18.2 Å². The number of hydrogen-bond donors (Lipinski definition) is 1. The van der Waals surface area contributed by atoms with Crippen molar-refractivity contribution in [2.45, 2.75) is 37.4 Å². The van der Waals surface area contributed by atoms with Crippen LogP contribution in [-0.2, 0) is 19.7 Å². The van der Waals surface area contributed by atoms with Gasteiger partial charge in [-0.05, 0) is 25.0 Å². The van der Waals surface area contributed by atoms with Crippen LogP contribution in [0.3, 0.4) is 0 Å². The zero-order chi connectivity index (χ0) is 15.9. The Morgan fingerprint density at radius 2 is 2.09 bits per heavy atom. The van der Waals surface area contributed by atoms with E-state index in [1.165, 1.54) is 12.0 Å². The van der Waals surface area contributed by atoms with Gasteiger partial charge in [0.1, 0.15) is 10.9 Å². The number of β-amino-alcohol motifs (C(OH)–C–C–N with tert-alkyl or cyclic N) is 1. The molecule has 0 bridgehead atoms. The van der Waals surface area contributed by atoms with Crippen LogP contribution in [0.25, 0.3) is 0 Å². The Hall–Kier alpha value is -1.50. The van der Waals surface area contributed by atoms with Gasteiger partial charge in [-0.3, -0.25) is 9.59 Å². The average Bonchev–Trinajstić information content (AvgIpc) is 2.72. The second kappa shape index (κ2) is 5.61. The van der Waals surface area contributed by atoms with Crippen molar-refractivity contribution in [1.29, 1.82) is 0 Å². The van der Waals surface area contributed by atoms with Crippen LogP contribution in [0.15, 0.2) is 12.1 Å². The van der Waals surface area contributed by atoms with E-state index in [4.69, 9.17) is 16.3 Å². The number of rotatable bonds is 3. The first-order valence-electron chi connectivity index (χ1n) is 7.19. The zero-order valence-corrected chi connectivity index (χ0v) is 13.0. The second-order valence-electron chi connectivity index (χ2n) is 5.73. The monoisotopic (exact) mass is 324 g/mol. The van der Waals surface area contributed by atoms with Gasteiger partial charge in [-0.1, -0.05) is 11.6 Å². The van der Waals surface area contributed by atoms with Gasteiger partial charge in [0.2, 0.25) is 5.91 Å². The van der Waals surface area contributed by atoms with Gasteiger partial charge in [0.25, 0.3) is 0 Å². The number of amides is 1. The summed E-state index contributed by atoms with van der Waals surface area (Å²) >= 11 is 6.00. The molecular formula is C15H17ClN2O4. The summed E-state index contributed by atoms with van der Waals surface area (Å²) in [5, 5.41) is 10.0. The van der Waals surface area contributed by atoms with Crippen molar-refractivity contribution in [1.82, 2.24) is 4.98 Å². The first-order valence-corrected chi connectivity index (χ1v) is 7.57. The number of aliphatic hydroxyl groups is 1. The Bertz CT molecular complexity index is 624. The maximum absolute atomic E-state index is 13.0. The summed E-state index contributed by atoms with van der Waals surface area (Å²) < 4.78 is 4.85. The highest BCUT2D eigenvalue weighted by molar-refractivity contribution is 6.29. The zero-order valence-electron chi connectivity index (χ0n) is 12.2. The van der Waals surface area contributed by atoms with Crippen molar-refractivity contribution in [3.8, 4) is 0 Å². The fraction of sp³-hybridized carbons (Fsp3) is 0.533. The van der Waals surface area contributed by atoms with Crippen molar-refractivity contribution < 1.29 is 19.4 Å². The molecule has 1 fully saturated rings. The summed E-state index contributed by atoms with van der Waals surface area (Å²) in [5.74, 6) is 0.0262. The third kappa shape index (κ3) is 2.31. The summed E-state index contributed by atoms with van der Waals surface area (Å²) in [5.41, 5.74) is 0.447. The number of ketones is 1. The number of aliphatic hydroxyl groups excluding tert-OH is 1. The molecule has 2 aliphatic rings. The lowest BCUT2D eigenvalue weighted by atomic mass is 9.72. The van der Waals surface area contributed by atoms with Crippen LogP contribution in [0.5, 0.6) is 0 Å². The Balaban J connectivity index is 2.04. The van der Waals surface area contributed by atoms with E-state index in [0.29, 0.717) is 42.2 Å². The molecule has 1 aromatic heterocycles. The maximum Gasteiger partial charge on any atom is 0.239 e. The second-order valence-corrected chi connectivity index (χ2v) is 6.12. The molecule has 1 N–H and O–H groups in total. The van der Waals surface area contributed by atoms with E-state index in [1.54, 1.807) is 12.1 Å². The fourth-order valence-electron chi connectivity index (χ4n) is 3.29. The molecule has 22 heavy (non-hydrogen) atoms. The quantitative estimate of drug-likeness (QED) is 0.672. The molecule has 7 heteroatoms. The van der Waals surface area contributed by atoms with Gasteiger partial charge in [-0.15, -0.1) is 0 Å². The number of pyridine rings is 1. The number of methoxy groups -OCH3 is 1. The van der Waals surface area contributed by atoms with Gasteiger partial charge in [0, 0.05) is 20.0 Å². The SMILES string of the molecule is COC(O)CN1C(=O)C2(CCC(=O)CC2)c2nc(Cl)ccc21. The molecule has 6 nitrogen and oxygen atoms in total. The summed E-state index contributed by atoms with van der Waals surface area (Å²) in [6.07, 6.45) is 0.516. The molecule has 2 heterocycles. The van der Waals surface area contributed by atoms with Crippen molar-refractivity contribution in [2.75, 3.05) is 18.6 Å². The van der Waals surface area contributed by atoms with Gasteiger partial charge in [-0.25, -0.2) is 4.98 Å². The van der Waals surface area contributed by atoms with Crippen LogP contribution in [0, 0.1) is 0 Å². The van der Waals surface area contributed by atoms with Crippen LogP contribution in [0.4, 0.5) is 5.69 Å². The molecule has 118 valence electrons. The van der Waals surface area contributed by atoms with Crippen molar-refractivity contribution in [3.05, 3.63) is 23.0 Å². The molecule has 0 radical (unpaired) electrons.